The normalized spacial score (nSPS) is 17.7. The molecule has 1 saturated carbocycles. The first kappa shape index (κ1) is 12.1. The fourth-order valence-electron chi connectivity index (χ4n) is 1.98. The van der Waals surface area contributed by atoms with E-state index in [0.29, 0.717) is 5.56 Å². The van der Waals surface area contributed by atoms with Gasteiger partial charge in [0.05, 0.1) is 10.8 Å². The molecule has 1 aromatic carbocycles. The molecule has 17 heavy (non-hydrogen) atoms. The van der Waals surface area contributed by atoms with E-state index < -0.39 is 21.7 Å². The number of carboxylic acids is 1. The average Bonchev–Trinajstić information content (AvgIpc) is 3.01. The first-order chi connectivity index (χ1) is 7.89. The van der Waals surface area contributed by atoms with Crippen LogP contribution in [0.3, 0.4) is 0 Å². The van der Waals surface area contributed by atoms with E-state index in [1.54, 1.807) is 12.1 Å². The summed E-state index contributed by atoms with van der Waals surface area (Å²) in [6.07, 6.45) is 2.93. The van der Waals surface area contributed by atoms with E-state index in [9.17, 15) is 18.3 Å². The minimum atomic E-state index is -3.28. The maximum absolute atomic E-state index is 11.4. The summed E-state index contributed by atoms with van der Waals surface area (Å²) in [5.74, 6) is -1.29. The first-order valence-electron chi connectivity index (χ1n) is 5.42. The van der Waals surface area contributed by atoms with E-state index in [4.69, 9.17) is 0 Å². The van der Waals surface area contributed by atoms with Crippen LogP contribution in [0.1, 0.15) is 24.3 Å². The van der Waals surface area contributed by atoms with Crippen molar-refractivity contribution in [3.63, 3.8) is 0 Å². The molecule has 1 N–H and O–H groups in total. The van der Waals surface area contributed by atoms with Crippen LogP contribution >= 0.6 is 0 Å². The predicted octanol–water partition coefficient (Wildman–Crippen LogP) is 1.67. The maximum Gasteiger partial charge on any atom is 0.311 e. The van der Waals surface area contributed by atoms with Gasteiger partial charge in [-0.3, -0.25) is 4.79 Å². The average molecular weight is 254 g/mol. The quantitative estimate of drug-likeness (QED) is 0.887. The van der Waals surface area contributed by atoms with Crippen molar-refractivity contribution in [2.45, 2.75) is 23.7 Å². The number of carboxylic acid groups (broad SMARTS) is 1. The Hall–Kier alpha value is -1.36. The highest BCUT2D eigenvalue weighted by Crippen LogP contribution is 2.43. The van der Waals surface area contributed by atoms with Crippen molar-refractivity contribution in [1.82, 2.24) is 0 Å². The standard InChI is InChI=1S/C12H14O4S/c1-17(15,16)10-4-2-3-9(7-10)11(12(13)14)8-5-6-8/h2-4,7-8,11H,5-6H2,1H3,(H,13,14). The molecular weight excluding hydrogens is 240 g/mol. The molecule has 5 heteroatoms. The van der Waals surface area contributed by atoms with Crippen LogP contribution in [0.5, 0.6) is 0 Å². The molecule has 1 aliphatic rings. The molecule has 0 aliphatic heterocycles. The lowest BCUT2D eigenvalue weighted by atomic mass is 9.94. The van der Waals surface area contributed by atoms with Crippen molar-refractivity contribution in [2.75, 3.05) is 6.26 Å². The predicted molar refractivity (Wildman–Crippen MR) is 62.7 cm³/mol. The number of rotatable bonds is 4. The fourth-order valence-corrected chi connectivity index (χ4v) is 2.66. The van der Waals surface area contributed by atoms with Gasteiger partial charge in [0.1, 0.15) is 0 Å². The molecular formula is C12H14O4S. The second-order valence-corrected chi connectivity index (χ2v) is 6.51. The van der Waals surface area contributed by atoms with E-state index in [-0.39, 0.29) is 10.8 Å². The minimum absolute atomic E-state index is 0.155. The molecule has 1 aromatic rings. The monoisotopic (exact) mass is 254 g/mol. The summed E-state index contributed by atoms with van der Waals surface area (Å²) in [5, 5.41) is 9.18. The molecule has 0 aromatic heterocycles. The van der Waals surface area contributed by atoms with Gasteiger partial charge in [-0.05, 0) is 36.5 Å². The lowest BCUT2D eigenvalue weighted by Crippen LogP contribution is -2.14. The van der Waals surface area contributed by atoms with Crippen LogP contribution in [0.4, 0.5) is 0 Å². The molecule has 0 amide bonds. The molecule has 0 saturated heterocycles. The van der Waals surface area contributed by atoms with Crippen LogP contribution in [0.2, 0.25) is 0 Å². The van der Waals surface area contributed by atoms with Crippen molar-refractivity contribution in [3.8, 4) is 0 Å². The molecule has 1 atom stereocenters. The summed E-state index contributed by atoms with van der Waals surface area (Å²) < 4.78 is 22.8. The number of hydrogen-bond donors (Lipinski definition) is 1. The Bertz CT molecular complexity index is 543. The number of sulfone groups is 1. The van der Waals surface area contributed by atoms with Gasteiger partial charge in [0.15, 0.2) is 9.84 Å². The lowest BCUT2D eigenvalue weighted by Gasteiger charge is -2.12. The Kier molecular flexibility index (Phi) is 2.95. The topological polar surface area (TPSA) is 71.4 Å². The fraction of sp³-hybridized carbons (Fsp3) is 0.417. The molecule has 92 valence electrons. The van der Waals surface area contributed by atoms with Gasteiger partial charge in [0.2, 0.25) is 0 Å². The molecule has 1 fully saturated rings. The zero-order valence-electron chi connectivity index (χ0n) is 9.46. The number of benzene rings is 1. The number of hydrogen-bond acceptors (Lipinski definition) is 3. The second-order valence-electron chi connectivity index (χ2n) is 4.50. The van der Waals surface area contributed by atoms with Gasteiger partial charge < -0.3 is 5.11 Å². The first-order valence-corrected chi connectivity index (χ1v) is 7.31. The zero-order chi connectivity index (χ0) is 12.6. The van der Waals surface area contributed by atoms with Crippen LogP contribution in [-0.2, 0) is 14.6 Å². The smallest absolute Gasteiger partial charge is 0.311 e. The third-order valence-electron chi connectivity index (χ3n) is 3.00. The van der Waals surface area contributed by atoms with Crippen molar-refractivity contribution in [1.29, 1.82) is 0 Å². The largest absolute Gasteiger partial charge is 0.481 e. The van der Waals surface area contributed by atoms with Crippen LogP contribution in [0, 0.1) is 5.92 Å². The Labute approximate surface area is 100 Å². The third kappa shape index (κ3) is 2.66. The van der Waals surface area contributed by atoms with Gasteiger partial charge in [0, 0.05) is 6.26 Å². The molecule has 0 heterocycles. The summed E-state index contributed by atoms with van der Waals surface area (Å²) >= 11 is 0. The van der Waals surface area contributed by atoms with Gasteiger partial charge in [0.25, 0.3) is 0 Å². The van der Waals surface area contributed by atoms with E-state index in [1.807, 2.05) is 0 Å². The summed E-state index contributed by atoms with van der Waals surface area (Å²) in [5.41, 5.74) is 0.586. The molecule has 1 unspecified atom stereocenters. The van der Waals surface area contributed by atoms with Gasteiger partial charge in [-0.25, -0.2) is 8.42 Å². The lowest BCUT2D eigenvalue weighted by molar-refractivity contribution is -0.139. The summed E-state index contributed by atoms with van der Waals surface area (Å²) in [7, 11) is -3.28. The highest BCUT2D eigenvalue weighted by molar-refractivity contribution is 7.90. The maximum atomic E-state index is 11.4. The molecule has 0 bridgehead atoms. The minimum Gasteiger partial charge on any atom is -0.481 e. The Morgan fingerprint density at radius 2 is 2.06 bits per heavy atom. The van der Waals surface area contributed by atoms with Gasteiger partial charge in [-0.2, -0.15) is 0 Å². The number of aliphatic carboxylic acids is 1. The highest BCUT2D eigenvalue weighted by atomic mass is 32.2. The summed E-state index contributed by atoms with van der Waals surface area (Å²) in [6.45, 7) is 0. The third-order valence-corrected chi connectivity index (χ3v) is 4.12. The van der Waals surface area contributed by atoms with Crippen LogP contribution in [0.15, 0.2) is 29.2 Å². The Balaban J connectivity index is 2.41. The van der Waals surface area contributed by atoms with Gasteiger partial charge in [-0.15, -0.1) is 0 Å². The van der Waals surface area contributed by atoms with Crippen molar-refractivity contribution < 1.29 is 18.3 Å². The van der Waals surface area contributed by atoms with Crippen molar-refractivity contribution >= 4 is 15.8 Å². The Morgan fingerprint density at radius 1 is 1.41 bits per heavy atom. The van der Waals surface area contributed by atoms with Crippen LogP contribution in [-0.4, -0.2) is 25.7 Å². The highest BCUT2D eigenvalue weighted by Gasteiger charge is 2.37. The Morgan fingerprint density at radius 3 is 2.53 bits per heavy atom. The van der Waals surface area contributed by atoms with Crippen LogP contribution < -0.4 is 0 Å². The van der Waals surface area contributed by atoms with E-state index >= 15 is 0 Å². The molecule has 4 nitrogen and oxygen atoms in total. The van der Waals surface area contributed by atoms with Crippen molar-refractivity contribution in [2.24, 2.45) is 5.92 Å². The SMILES string of the molecule is CS(=O)(=O)c1cccc(C(C(=O)O)C2CC2)c1. The summed E-state index contributed by atoms with van der Waals surface area (Å²) in [6, 6.07) is 6.26. The van der Waals surface area contributed by atoms with E-state index in [2.05, 4.69) is 0 Å². The molecule has 0 spiro atoms. The molecule has 2 rings (SSSR count). The zero-order valence-corrected chi connectivity index (χ0v) is 10.3. The van der Waals surface area contributed by atoms with E-state index in [1.165, 1.54) is 12.1 Å². The van der Waals surface area contributed by atoms with Crippen LogP contribution in [0.25, 0.3) is 0 Å². The van der Waals surface area contributed by atoms with Crippen molar-refractivity contribution in [3.05, 3.63) is 29.8 Å². The van der Waals surface area contributed by atoms with E-state index in [0.717, 1.165) is 19.1 Å². The molecule has 1 aliphatic carbocycles. The van der Waals surface area contributed by atoms with Gasteiger partial charge in [-0.1, -0.05) is 12.1 Å². The second kappa shape index (κ2) is 4.14. The number of carbonyl (C=O) groups is 1. The molecule has 0 radical (unpaired) electrons. The summed E-state index contributed by atoms with van der Waals surface area (Å²) in [4.78, 5) is 11.4. The van der Waals surface area contributed by atoms with Gasteiger partial charge >= 0.3 is 5.97 Å².